The van der Waals surface area contributed by atoms with Gasteiger partial charge in [0.15, 0.2) is 0 Å². The smallest absolute Gasteiger partial charge is 0.320 e. The van der Waals surface area contributed by atoms with Gasteiger partial charge in [-0.25, -0.2) is 8.42 Å². The Morgan fingerprint density at radius 1 is 1.21 bits per heavy atom. The van der Waals surface area contributed by atoms with Crippen LogP contribution in [0.25, 0.3) is 0 Å². The molecule has 5 N–H and O–H groups in total. The number of nitrogens with two attached hydrogens (primary N) is 1. The number of hydrogen-bond acceptors (Lipinski definition) is 6. The lowest BCUT2D eigenvalue weighted by molar-refractivity contribution is -0.138. The summed E-state index contributed by atoms with van der Waals surface area (Å²) in [5, 5.41) is 10.9. The third-order valence-corrected chi connectivity index (χ3v) is 2.57. The van der Waals surface area contributed by atoms with Crippen LogP contribution in [0, 0.1) is 0 Å². The molecule has 9 nitrogen and oxygen atoms in total. The van der Waals surface area contributed by atoms with Crippen LogP contribution in [-0.4, -0.2) is 50.2 Å². The van der Waals surface area contributed by atoms with Crippen molar-refractivity contribution in [3.05, 3.63) is 0 Å². The lowest BCUT2D eigenvalue weighted by Gasteiger charge is -2.07. The van der Waals surface area contributed by atoms with Crippen LogP contribution < -0.4 is 15.8 Å². The van der Waals surface area contributed by atoms with E-state index in [0.29, 0.717) is 0 Å². The van der Waals surface area contributed by atoms with Gasteiger partial charge in [0, 0.05) is 19.4 Å². The lowest BCUT2D eigenvalue weighted by Crippen LogP contribution is -2.36. The van der Waals surface area contributed by atoms with E-state index in [-0.39, 0.29) is 25.8 Å². The first-order valence-electron chi connectivity index (χ1n) is 5.37. The van der Waals surface area contributed by atoms with Crippen molar-refractivity contribution in [3.63, 3.8) is 0 Å². The monoisotopic (exact) mass is 295 g/mol. The van der Waals surface area contributed by atoms with Crippen molar-refractivity contribution >= 4 is 27.8 Å². The largest absolute Gasteiger partial charge is 0.480 e. The van der Waals surface area contributed by atoms with Crippen molar-refractivity contribution in [2.75, 3.05) is 12.8 Å². The van der Waals surface area contributed by atoms with Gasteiger partial charge in [-0.3, -0.25) is 19.1 Å². The molecule has 0 saturated carbocycles. The summed E-state index contributed by atoms with van der Waals surface area (Å²) in [6.07, 6.45) is 0.433. The van der Waals surface area contributed by atoms with Crippen LogP contribution in [0.4, 0.5) is 0 Å². The molecule has 0 rings (SSSR count). The quantitative estimate of drug-likeness (QED) is 0.394. The molecular formula is C9H17N3O6S. The van der Waals surface area contributed by atoms with Gasteiger partial charge in [0.1, 0.15) is 6.04 Å². The Hall–Kier alpha value is -1.68. The number of carbonyl (C=O) groups excluding carboxylic acids is 2. The number of carboxylic acid groups (broad SMARTS) is 1. The van der Waals surface area contributed by atoms with Crippen molar-refractivity contribution in [2.45, 2.75) is 25.3 Å². The Labute approximate surface area is 110 Å². The Kier molecular flexibility index (Phi) is 7.01. The van der Waals surface area contributed by atoms with E-state index in [9.17, 15) is 22.8 Å². The van der Waals surface area contributed by atoms with E-state index < -0.39 is 33.8 Å². The molecule has 1 atom stereocenters. The fourth-order valence-electron chi connectivity index (χ4n) is 1.06. The summed E-state index contributed by atoms with van der Waals surface area (Å²) in [5.41, 5.74) is 5.21. The topological polar surface area (TPSA) is 156 Å². The maximum absolute atomic E-state index is 11.2. The zero-order valence-corrected chi connectivity index (χ0v) is 11.2. The fourth-order valence-corrected chi connectivity index (χ4v) is 1.58. The van der Waals surface area contributed by atoms with E-state index in [1.54, 1.807) is 4.72 Å². The molecule has 110 valence electrons. The number of aliphatic carboxylic acids is 1. The van der Waals surface area contributed by atoms with E-state index in [2.05, 4.69) is 5.32 Å². The molecular weight excluding hydrogens is 278 g/mol. The number of rotatable bonds is 8. The Morgan fingerprint density at radius 2 is 1.74 bits per heavy atom. The Balaban J connectivity index is 3.82. The molecule has 0 bridgehead atoms. The minimum Gasteiger partial charge on any atom is -0.480 e. The molecule has 0 aliphatic heterocycles. The SMILES string of the molecule is CS(=O)(=O)NC(=O)CCC(=O)NCCC(N)C(=O)O. The Bertz CT molecular complexity index is 447. The summed E-state index contributed by atoms with van der Waals surface area (Å²) in [6, 6.07) is -1.06. The van der Waals surface area contributed by atoms with Crippen molar-refractivity contribution < 1.29 is 27.9 Å². The average Bonchev–Trinajstić information content (AvgIpc) is 2.23. The van der Waals surface area contributed by atoms with Crippen LogP contribution in [0.3, 0.4) is 0 Å². The van der Waals surface area contributed by atoms with Gasteiger partial charge in [0.05, 0.1) is 6.26 Å². The van der Waals surface area contributed by atoms with Gasteiger partial charge < -0.3 is 16.2 Å². The summed E-state index contributed by atoms with van der Waals surface area (Å²) in [5.74, 6) is -2.43. The first-order chi connectivity index (χ1) is 8.61. The maximum Gasteiger partial charge on any atom is 0.320 e. The van der Waals surface area contributed by atoms with Crippen molar-refractivity contribution in [2.24, 2.45) is 5.73 Å². The van der Waals surface area contributed by atoms with Gasteiger partial charge in [0.25, 0.3) is 0 Å². The molecule has 0 heterocycles. The van der Waals surface area contributed by atoms with Crippen LogP contribution in [0.2, 0.25) is 0 Å². The second-order valence-electron chi connectivity index (χ2n) is 3.88. The molecule has 19 heavy (non-hydrogen) atoms. The minimum absolute atomic E-state index is 0.0661. The standard InChI is InChI=1S/C9H17N3O6S/c1-19(17,18)12-8(14)3-2-7(13)11-5-4-6(10)9(15)16/h6H,2-5,10H2,1H3,(H,11,13)(H,12,14)(H,15,16). The van der Waals surface area contributed by atoms with Crippen molar-refractivity contribution in [1.29, 1.82) is 0 Å². The molecule has 0 fully saturated rings. The average molecular weight is 295 g/mol. The van der Waals surface area contributed by atoms with Crippen LogP contribution in [0.15, 0.2) is 0 Å². The molecule has 0 radical (unpaired) electrons. The summed E-state index contributed by atoms with van der Waals surface area (Å²) in [4.78, 5) is 32.7. The summed E-state index contributed by atoms with van der Waals surface area (Å²) >= 11 is 0. The van der Waals surface area contributed by atoms with E-state index in [1.165, 1.54) is 0 Å². The first-order valence-corrected chi connectivity index (χ1v) is 7.26. The second-order valence-corrected chi connectivity index (χ2v) is 5.63. The number of hydrogen-bond donors (Lipinski definition) is 4. The lowest BCUT2D eigenvalue weighted by atomic mass is 10.2. The van der Waals surface area contributed by atoms with Crippen LogP contribution in [0.5, 0.6) is 0 Å². The summed E-state index contributed by atoms with van der Waals surface area (Å²) in [7, 11) is -3.62. The molecule has 10 heteroatoms. The number of carbonyl (C=O) groups is 3. The normalized spacial score (nSPS) is 12.5. The highest BCUT2D eigenvalue weighted by atomic mass is 32.2. The molecule has 0 aliphatic rings. The van der Waals surface area contributed by atoms with E-state index >= 15 is 0 Å². The molecule has 0 aliphatic carbocycles. The van der Waals surface area contributed by atoms with Crippen LogP contribution in [0.1, 0.15) is 19.3 Å². The van der Waals surface area contributed by atoms with Crippen LogP contribution in [-0.2, 0) is 24.4 Å². The van der Waals surface area contributed by atoms with E-state index in [1.807, 2.05) is 0 Å². The number of sulfonamides is 1. The highest BCUT2D eigenvalue weighted by molar-refractivity contribution is 7.89. The van der Waals surface area contributed by atoms with E-state index in [0.717, 1.165) is 6.26 Å². The van der Waals surface area contributed by atoms with Gasteiger partial charge in [-0.05, 0) is 6.42 Å². The number of amides is 2. The minimum atomic E-state index is -3.62. The predicted octanol–water partition coefficient (Wildman–Crippen LogP) is -2.24. The zero-order chi connectivity index (χ0) is 15.1. The molecule has 0 aromatic heterocycles. The molecule has 0 aromatic carbocycles. The van der Waals surface area contributed by atoms with Gasteiger partial charge in [0.2, 0.25) is 21.8 Å². The second kappa shape index (κ2) is 7.69. The van der Waals surface area contributed by atoms with Crippen molar-refractivity contribution in [1.82, 2.24) is 10.0 Å². The molecule has 1 unspecified atom stereocenters. The molecule has 0 saturated heterocycles. The highest BCUT2D eigenvalue weighted by Crippen LogP contribution is 1.92. The molecule has 0 aromatic rings. The van der Waals surface area contributed by atoms with Crippen LogP contribution >= 0.6 is 0 Å². The number of carboxylic acids is 1. The van der Waals surface area contributed by atoms with E-state index in [4.69, 9.17) is 10.8 Å². The van der Waals surface area contributed by atoms with Gasteiger partial charge in [-0.1, -0.05) is 0 Å². The molecule has 0 spiro atoms. The zero-order valence-electron chi connectivity index (χ0n) is 10.4. The third-order valence-electron chi connectivity index (χ3n) is 1.97. The Morgan fingerprint density at radius 3 is 2.21 bits per heavy atom. The summed E-state index contributed by atoms with van der Waals surface area (Å²) in [6.45, 7) is 0.0694. The van der Waals surface area contributed by atoms with Gasteiger partial charge in [-0.15, -0.1) is 0 Å². The van der Waals surface area contributed by atoms with Gasteiger partial charge >= 0.3 is 5.97 Å². The maximum atomic E-state index is 11.2. The highest BCUT2D eigenvalue weighted by Gasteiger charge is 2.13. The third kappa shape index (κ3) is 9.97. The van der Waals surface area contributed by atoms with Gasteiger partial charge in [-0.2, -0.15) is 0 Å². The summed E-state index contributed by atoms with van der Waals surface area (Å²) < 4.78 is 23.1. The van der Waals surface area contributed by atoms with Crippen molar-refractivity contribution in [3.8, 4) is 0 Å². The fraction of sp³-hybridized carbons (Fsp3) is 0.667. The first kappa shape index (κ1) is 17.3. The predicted molar refractivity (Wildman–Crippen MR) is 65.5 cm³/mol. The molecule has 2 amide bonds. The number of nitrogens with one attached hydrogen (secondary N) is 2.